The maximum atomic E-state index is 12.9. The van der Waals surface area contributed by atoms with Crippen LogP contribution in [0.15, 0.2) is 16.5 Å². The van der Waals surface area contributed by atoms with E-state index >= 15 is 0 Å². The summed E-state index contributed by atoms with van der Waals surface area (Å²) in [6.07, 6.45) is 0.337. The van der Waals surface area contributed by atoms with E-state index in [-0.39, 0.29) is 58.0 Å². The molecule has 2 rings (SSSR count). The summed E-state index contributed by atoms with van der Waals surface area (Å²) in [7, 11) is 0. The van der Waals surface area contributed by atoms with Gasteiger partial charge >= 0.3 is 0 Å². The number of Topliss-reactive ketones (excluding diaryl/α,β-unsaturated/α-hetero) is 1. The van der Waals surface area contributed by atoms with Crippen LogP contribution in [0.5, 0.6) is 0 Å². The fourth-order valence-corrected chi connectivity index (χ4v) is 4.23. The molecule has 0 saturated heterocycles. The van der Waals surface area contributed by atoms with Crippen molar-refractivity contribution in [3.05, 3.63) is 53.8 Å². The van der Waals surface area contributed by atoms with E-state index in [9.17, 15) is 30.1 Å². The second kappa shape index (κ2) is 9.02. The number of hydrogen-bond donors (Lipinski definition) is 1. The molecule has 1 aliphatic carbocycles. The number of allylic oxidation sites excluding steroid dienone is 2. The zero-order valence-electron chi connectivity index (χ0n) is 17.6. The number of nitro benzene ring substituents is 2. The second-order valence-electron chi connectivity index (χ2n) is 7.16. The molecular formula is C20H25N3O7. The molecule has 0 aromatic heterocycles. The molecule has 0 aliphatic heterocycles. The predicted molar refractivity (Wildman–Crippen MR) is 110 cm³/mol. The Labute approximate surface area is 173 Å². The molecule has 0 spiro atoms. The number of rotatable bonds is 7. The highest BCUT2D eigenvalue weighted by atomic mass is 16.6. The molecular weight excluding hydrogens is 394 g/mol. The van der Waals surface area contributed by atoms with Gasteiger partial charge in [0, 0.05) is 24.0 Å². The van der Waals surface area contributed by atoms with E-state index in [0.717, 1.165) is 0 Å². The molecule has 1 unspecified atom stereocenters. The first-order valence-electron chi connectivity index (χ1n) is 9.63. The van der Waals surface area contributed by atoms with Gasteiger partial charge in [-0.15, -0.1) is 0 Å². The predicted octanol–water partition coefficient (Wildman–Crippen LogP) is 4.49. The lowest BCUT2D eigenvalue weighted by Gasteiger charge is -2.26. The SMILES string of the molecule is CCO/N=C(/CC)C1=C(O)CC(c2c(C)c([N+](=O)[O-])c(C)c([N+](=O)[O-])c2C)CC1=O. The molecule has 0 amide bonds. The molecule has 0 radical (unpaired) electrons. The summed E-state index contributed by atoms with van der Waals surface area (Å²) in [5.74, 6) is -1.19. The average molecular weight is 419 g/mol. The number of nitro groups is 2. The first kappa shape index (κ1) is 23.0. The lowest BCUT2D eigenvalue weighted by molar-refractivity contribution is -0.396. The highest BCUT2D eigenvalue weighted by Crippen LogP contribution is 2.44. The molecule has 0 fully saturated rings. The molecule has 0 heterocycles. The summed E-state index contributed by atoms with van der Waals surface area (Å²) in [6, 6.07) is 0. The third-order valence-electron chi connectivity index (χ3n) is 5.37. The Kier molecular flexibility index (Phi) is 6.91. The summed E-state index contributed by atoms with van der Waals surface area (Å²) in [6.45, 7) is 8.21. The average Bonchev–Trinajstić information content (AvgIpc) is 2.62. The van der Waals surface area contributed by atoms with Crippen molar-refractivity contribution in [2.24, 2.45) is 5.16 Å². The van der Waals surface area contributed by atoms with Crippen LogP contribution in [0.4, 0.5) is 11.4 Å². The number of benzene rings is 1. The molecule has 1 aromatic carbocycles. The van der Waals surface area contributed by atoms with Gasteiger partial charge in [0.1, 0.15) is 17.9 Å². The number of oxime groups is 1. The Hall–Kier alpha value is -3.30. The topological polar surface area (TPSA) is 145 Å². The van der Waals surface area contributed by atoms with E-state index in [2.05, 4.69) is 5.16 Å². The van der Waals surface area contributed by atoms with Gasteiger partial charge in [0.2, 0.25) is 0 Å². The van der Waals surface area contributed by atoms with Crippen LogP contribution in [-0.4, -0.2) is 33.1 Å². The van der Waals surface area contributed by atoms with Gasteiger partial charge in [-0.05, 0) is 45.6 Å². The summed E-state index contributed by atoms with van der Waals surface area (Å²) in [5, 5.41) is 37.7. The third kappa shape index (κ3) is 4.03. The molecule has 1 N–H and O–H groups in total. The number of aliphatic hydroxyl groups excluding tert-OH is 1. The summed E-state index contributed by atoms with van der Waals surface area (Å²) in [4.78, 5) is 39.8. The van der Waals surface area contributed by atoms with Crippen molar-refractivity contribution in [3.8, 4) is 0 Å². The molecule has 1 atom stereocenters. The van der Waals surface area contributed by atoms with E-state index < -0.39 is 15.8 Å². The van der Waals surface area contributed by atoms with E-state index in [4.69, 9.17) is 4.84 Å². The molecule has 0 bridgehead atoms. The maximum Gasteiger partial charge on any atom is 0.282 e. The Balaban J connectivity index is 2.66. The second-order valence-corrected chi connectivity index (χ2v) is 7.16. The largest absolute Gasteiger partial charge is 0.511 e. The number of carbonyl (C=O) groups excluding carboxylic acids is 1. The summed E-state index contributed by atoms with van der Waals surface area (Å²) in [5.41, 5.74) is 0.621. The minimum Gasteiger partial charge on any atom is -0.511 e. The Morgan fingerprint density at radius 3 is 2.00 bits per heavy atom. The van der Waals surface area contributed by atoms with Crippen LogP contribution < -0.4 is 0 Å². The molecule has 162 valence electrons. The van der Waals surface area contributed by atoms with Crippen LogP contribution in [0.3, 0.4) is 0 Å². The first-order valence-corrected chi connectivity index (χ1v) is 9.63. The fraction of sp³-hybridized carbons (Fsp3) is 0.500. The van der Waals surface area contributed by atoms with Crippen LogP contribution in [0.1, 0.15) is 61.3 Å². The van der Waals surface area contributed by atoms with Gasteiger partial charge in [-0.3, -0.25) is 25.0 Å². The summed E-state index contributed by atoms with van der Waals surface area (Å²) < 4.78 is 0. The lowest BCUT2D eigenvalue weighted by atomic mass is 9.77. The van der Waals surface area contributed by atoms with Gasteiger partial charge in [-0.25, -0.2) is 0 Å². The monoisotopic (exact) mass is 419 g/mol. The van der Waals surface area contributed by atoms with Crippen molar-refractivity contribution in [2.45, 2.75) is 59.8 Å². The third-order valence-corrected chi connectivity index (χ3v) is 5.37. The molecule has 1 aromatic rings. The van der Waals surface area contributed by atoms with E-state index in [1.807, 2.05) is 0 Å². The van der Waals surface area contributed by atoms with Gasteiger partial charge in [0.15, 0.2) is 5.78 Å². The van der Waals surface area contributed by atoms with Crippen molar-refractivity contribution in [1.82, 2.24) is 0 Å². The maximum absolute atomic E-state index is 12.9. The lowest BCUT2D eigenvalue weighted by Crippen LogP contribution is -2.25. The number of hydrogen-bond acceptors (Lipinski definition) is 8. The summed E-state index contributed by atoms with van der Waals surface area (Å²) >= 11 is 0. The standard InChI is InChI=1S/C20H25N3O7/c1-6-14(21-30-7-2)18-15(24)8-13(9-16(18)25)17-10(3)19(22(26)27)12(5)20(11(17)4)23(28)29/h13,24H,6-9H2,1-5H3/b21-14-. The minimum absolute atomic E-state index is 0.0191. The van der Waals surface area contributed by atoms with Gasteiger partial charge in [0.25, 0.3) is 11.4 Å². The zero-order valence-corrected chi connectivity index (χ0v) is 17.6. The van der Waals surface area contributed by atoms with Gasteiger partial charge < -0.3 is 9.94 Å². The van der Waals surface area contributed by atoms with Crippen LogP contribution >= 0.6 is 0 Å². The normalized spacial score (nSPS) is 17.3. The smallest absolute Gasteiger partial charge is 0.282 e. The number of carbonyl (C=O) groups is 1. The molecule has 10 nitrogen and oxygen atoms in total. The molecule has 30 heavy (non-hydrogen) atoms. The van der Waals surface area contributed by atoms with Gasteiger partial charge in [-0.1, -0.05) is 12.1 Å². The molecule has 0 saturated carbocycles. The Bertz CT molecular complexity index is 938. The van der Waals surface area contributed by atoms with E-state index in [1.54, 1.807) is 13.8 Å². The van der Waals surface area contributed by atoms with Crippen molar-refractivity contribution in [2.75, 3.05) is 6.61 Å². The van der Waals surface area contributed by atoms with E-state index in [1.165, 1.54) is 20.8 Å². The number of ketones is 1. The van der Waals surface area contributed by atoms with Crippen molar-refractivity contribution < 1.29 is 24.6 Å². The minimum atomic E-state index is -0.643. The van der Waals surface area contributed by atoms with E-state index in [0.29, 0.717) is 24.3 Å². The number of aliphatic hydroxyl groups is 1. The molecule has 1 aliphatic rings. The van der Waals surface area contributed by atoms with Crippen molar-refractivity contribution >= 4 is 22.9 Å². The van der Waals surface area contributed by atoms with Gasteiger partial charge in [0.05, 0.1) is 21.1 Å². The first-order chi connectivity index (χ1) is 14.1. The fourth-order valence-electron chi connectivity index (χ4n) is 4.23. The van der Waals surface area contributed by atoms with Gasteiger partial charge in [-0.2, -0.15) is 0 Å². The Morgan fingerprint density at radius 2 is 1.60 bits per heavy atom. The highest BCUT2D eigenvalue weighted by molar-refractivity contribution is 6.23. The molecule has 10 heteroatoms. The van der Waals surface area contributed by atoms with Crippen LogP contribution in [-0.2, 0) is 9.63 Å². The van der Waals surface area contributed by atoms with Crippen LogP contribution in [0.25, 0.3) is 0 Å². The van der Waals surface area contributed by atoms with Crippen molar-refractivity contribution in [1.29, 1.82) is 0 Å². The highest BCUT2D eigenvalue weighted by Gasteiger charge is 2.38. The Morgan fingerprint density at radius 1 is 1.07 bits per heavy atom. The van der Waals surface area contributed by atoms with Crippen LogP contribution in [0, 0.1) is 41.0 Å². The van der Waals surface area contributed by atoms with Crippen LogP contribution in [0.2, 0.25) is 0 Å². The van der Waals surface area contributed by atoms with Crippen molar-refractivity contribution in [3.63, 3.8) is 0 Å². The quantitative estimate of drug-likeness (QED) is 0.389. The zero-order chi connectivity index (χ0) is 22.7. The number of nitrogens with zero attached hydrogens (tertiary/aromatic N) is 3.